The second kappa shape index (κ2) is 4.07. The van der Waals surface area contributed by atoms with Gasteiger partial charge >= 0.3 is 0 Å². The van der Waals surface area contributed by atoms with Gasteiger partial charge in [0.25, 0.3) is 0 Å². The zero-order valence-corrected chi connectivity index (χ0v) is 10.5. The lowest BCUT2D eigenvalue weighted by Gasteiger charge is -2.05. The van der Waals surface area contributed by atoms with Crippen LogP contribution in [0.1, 0.15) is 34.2 Å². The van der Waals surface area contributed by atoms with Crippen LogP contribution in [0.3, 0.4) is 0 Å². The summed E-state index contributed by atoms with van der Waals surface area (Å²) >= 11 is 1.65. The van der Waals surface area contributed by atoms with Crippen molar-refractivity contribution in [2.45, 2.75) is 32.6 Å². The summed E-state index contributed by atoms with van der Waals surface area (Å²) in [6, 6.07) is 0. The Balaban J connectivity index is 1.91. The van der Waals surface area contributed by atoms with Gasteiger partial charge in [-0.3, -0.25) is 0 Å². The fourth-order valence-electron chi connectivity index (χ4n) is 2.21. The Kier molecular flexibility index (Phi) is 2.55. The van der Waals surface area contributed by atoms with Crippen molar-refractivity contribution in [3.05, 3.63) is 33.2 Å². The molecule has 0 fully saturated rings. The van der Waals surface area contributed by atoms with Crippen molar-refractivity contribution in [2.24, 2.45) is 0 Å². The van der Waals surface area contributed by atoms with Crippen LogP contribution in [0.5, 0.6) is 0 Å². The molecule has 2 aromatic rings. The van der Waals surface area contributed by atoms with Crippen molar-refractivity contribution in [2.75, 3.05) is 5.73 Å². The van der Waals surface area contributed by atoms with Crippen molar-refractivity contribution in [3.8, 4) is 0 Å². The van der Waals surface area contributed by atoms with E-state index in [1.165, 1.54) is 0 Å². The van der Waals surface area contributed by atoms with Crippen LogP contribution in [0.2, 0.25) is 0 Å². The lowest BCUT2D eigenvalue weighted by molar-refractivity contribution is 0.883. The van der Waals surface area contributed by atoms with Gasteiger partial charge in [-0.25, -0.2) is 15.0 Å². The molecule has 88 valence electrons. The maximum Gasteiger partial charge on any atom is 0.137 e. The molecule has 0 saturated heterocycles. The number of nitrogens with zero attached hydrogens (tertiary/aromatic N) is 3. The fourth-order valence-corrected chi connectivity index (χ4v) is 2.98. The largest absolute Gasteiger partial charge is 0.383 e. The number of nitrogen functional groups attached to an aromatic ring is 1. The molecule has 5 heteroatoms. The number of nitrogens with two attached hydrogens (primary N) is 1. The molecule has 0 aliphatic heterocycles. The van der Waals surface area contributed by atoms with Crippen molar-refractivity contribution in [3.63, 3.8) is 0 Å². The van der Waals surface area contributed by atoms with Crippen LogP contribution < -0.4 is 5.73 Å². The van der Waals surface area contributed by atoms with E-state index in [4.69, 9.17) is 5.73 Å². The van der Waals surface area contributed by atoms with Gasteiger partial charge in [0, 0.05) is 22.3 Å². The maximum atomic E-state index is 5.96. The van der Waals surface area contributed by atoms with Crippen molar-refractivity contribution in [1.82, 2.24) is 15.0 Å². The van der Waals surface area contributed by atoms with Gasteiger partial charge in [-0.15, -0.1) is 11.3 Å². The van der Waals surface area contributed by atoms with Crippen LogP contribution in [-0.4, -0.2) is 15.0 Å². The molecule has 0 atom stereocenters. The molecule has 0 bridgehead atoms. The first-order chi connectivity index (χ1) is 8.22. The molecule has 3 rings (SSSR count). The Morgan fingerprint density at radius 1 is 1.29 bits per heavy atom. The van der Waals surface area contributed by atoms with E-state index in [1.807, 2.05) is 12.3 Å². The minimum absolute atomic E-state index is 0.663. The highest BCUT2D eigenvalue weighted by atomic mass is 32.1. The lowest BCUT2D eigenvalue weighted by Crippen LogP contribution is -2.06. The van der Waals surface area contributed by atoms with Crippen molar-refractivity contribution < 1.29 is 0 Å². The minimum atomic E-state index is 0.663. The Labute approximate surface area is 104 Å². The van der Waals surface area contributed by atoms with Gasteiger partial charge in [-0.2, -0.15) is 0 Å². The van der Waals surface area contributed by atoms with Gasteiger partial charge in [-0.1, -0.05) is 0 Å². The van der Waals surface area contributed by atoms with Crippen LogP contribution in [0.25, 0.3) is 0 Å². The molecule has 0 unspecified atom stereocenters. The highest BCUT2D eigenvalue weighted by molar-refractivity contribution is 7.09. The smallest absolute Gasteiger partial charge is 0.137 e. The molecule has 1 aliphatic rings. The van der Waals surface area contributed by atoms with Crippen molar-refractivity contribution in [1.29, 1.82) is 0 Å². The number of thiazole rings is 1. The van der Waals surface area contributed by atoms with E-state index in [1.54, 1.807) is 11.3 Å². The molecule has 0 spiro atoms. The quantitative estimate of drug-likeness (QED) is 0.879. The first-order valence-corrected chi connectivity index (χ1v) is 6.65. The highest BCUT2D eigenvalue weighted by Crippen LogP contribution is 2.25. The molecule has 4 nitrogen and oxygen atoms in total. The number of fused-ring (bicyclic) bond motifs is 1. The summed E-state index contributed by atoms with van der Waals surface area (Å²) < 4.78 is 0. The zero-order chi connectivity index (χ0) is 11.8. The van der Waals surface area contributed by atoms with E-state index in [2.05, 4.69) is 15.0 Å². The third kappa shape index (κ3) is 2.02. The summed E-state index contributed by atoms with van der Waals surface area (Å²) in [5.74, 6) is 1.47. The minimum Gasteiger partial charge on any atom is -0.383 e. The van der Waals surface area contributed by atoms with E-state index in [9.17, 15) is 0 Å². The van der Waals surface area contributed by atoms with E-state index in [0.717, 1.165) is 47.0 Å². The van der Waals surface area contributed by atoms with E-state index in [-0.39, 0.29) is 0 Å². The molecule has 17 heavy (non-hydrogen) atoms. The number of aromatic nitrogens is 3. The number of rotatable bonds is 2. The SMILES string of the molecule is Cc1csc(Cc2nc(N)c3c(n2)CCC3)n1. The lowest BCUT2D eigenvalue weighted by atomic mass is 10.2. The van der Waals surface area contributed by atoms with Gasteiger partial charge in [0.05, 0.1) is 6.42 Å². The zero-order valence-electron chi connectivity index (χ0n) is 9.73. The summed E-state index contributed by atoms with van der Waals surface area (Å²) in [5.41, 5.74) is 9.31. The molecular weight excluding hydrogens is 232 g/mol. The fraction of sp³-hybridized carbons (Fsp3) is 0.417. The summed E-state index contributed by atoms with van der Waals surface area (Å²) in [7, 11) is 0. The summed E-state index contributed by atoms with van der Waals surface area (Å²) in [5, 5.41) is 3.10. The number of anilines is 1. The second-order valence-electron chi connectivity index (χ2n) is 4.36. The van der Waals surface area contributed by atoms with Gasteiger partial charge in [0.2, 0.25) is 0 Å². The predicted molar refractivity (Wildman–Crippen MR) is 68.1 cm³/mol. The standard InChI is InChI=1S/C12H14N4S/c1-7-6-17-11(14-7)5-10-15-9-4-2-3-8(9)12(13)16-10/h6H,2-5H2,1H3,(H2,13,15,16). The van der Waals surface area contributed by atoms with Crippen LogP contribution in [0, 0.1) is 6.92 Å². The maximum absolute atomic E-state index is 5.96. The molecular formula is C12H14N4S. The number of hydrogen-bond donors (Lipinski definition) is 1. The molecule has 2 aromatic heterocycles. The Morgan fingerprint density at radius 2 is 2.18 bits per heavy atom. The molecule has 2 N–H and O–H groups in total. The molecule has 2 heterocycles. The van der Waals surface area contributed by atoms with Crippen LogP contribution in [0.15, 0.2) is 5.38 Å². The van der Waals surface area contributed by atoms with Gasteiger partial charge in [0.1, 0.15) is 16.6 Å². The molecule has 0 saturated carbocycles. The average molecular weight is 246 g/mol. The Bertz CT molecular complexity index is 562. The topological polar surface area (TPSA) is 64.7 Å². The van der Waals surface area contributed by atoms with Gasteiger partial charge < -0.3 is 5.73 Å². The third-order valence-electron chi connectivity index (χ3n) is 2.99. The normalized spacial score (nSPS) is 13.9. The molecule has 1 aliphatic carbocycles. The van der Waals surface area contributed by atoms with Crippen LogP contribution >= 0.6 is 11.3 Å². The summed E-state index contributed by atoms with van der Waals surface area (Å²) in [4.78, 5) is 13.4. The Morgan fingerprint density at radius 3 is 2.94 bits per heavy atom. The molecule has 0 amide bonds. The highest BCUT2D eigenvalue weighted by Gasteiger charge is 2.18. The first kappa shape index (κ1) is 10.7. The van der Waals surface area contributed by atoms with Gasteiger partial charge in [0.15, 0.2) is 0 Å². The second-order valence-corrected chi connectivity index (χ2v) is 5.31. The average Bonchev–Trinajstić information content (AvgIpc) is 2.87. The first-order valence-electron chi connectivity index (χ1n) is 5.77. The van der Waals surface area contributed by atoms with E-state index in [0.29, 0.717) is 12.2 Å². The Hall–Kier alpha value is -1.49. The third-order valence-corrected chi connectivity index (χ3v) is 3.95. The van der Waals surface area contributed by atoms with E-state index < -0.39 is 0 Å². The summed E-state index contributed by atoms with van der Waals surface area (Å²) in [6.45, 7) is 2.00. The van der Waals surface area contributed by atoms with Crippen LogP contribution in [0.4, 0.5) is 5.82 Å². The predicted octanol–water partition coefficient (Wildman–Crippen LogP) is 1.90. The monoisotopic (exact) mass is 246 g/mol. The molecule has 0 aromatic carbocycles. The van der Waals surface area contributed by atoms with E-state index >= 15 is 0 Å². The number of hydrogen-bond acceptors (Lipinski definition) is 5. The van der Waals surface area contributed by atoms with Crippen LogP contribution in [-0.2, 0) is 19.3 Å². The summed E-state index contributed by atoms with van der Waals surface area (Å²) in [6.07, 6.45) is 3.90. The molecule has 0 radical (unpaired) electrons. The number of aryl methyl sites for hydroxylation is 2. The van der Waals surface area contributed by atoms with Gasteiger partial charge in [-0.05, 0) is 26.2 Å². The van der Waals surface area contributed by atoms with Crippen molar-refractivity contribution >= 4 is 17.2 Å².